The molecule has 4 rings (SSSR count). The molecule has 2 saturated carbocycles. The van der Waals surface area contributed by atoms with E-state index in [-0.39, 0.29) is 0 Å². The fourth-order valence-corrected chi connectivity index (χ4v) is 3.76. The third-order valence-electron chi connectivity index (χ3n) is 3.57. The maximum Gasteiger partial charge on any atom is 0.191 e. The molecule has 2 fully saturated rings. The maximum absolute atomic E-state index is 5.44. The van der Waals surface area contributed by atoms with Crippen molar-refractivity contribution < 1.29 is 0 Å². The van der Waals surface area contributed by atoms with Gasteiger partial charge in [0, 0.05) is 29.2 Å². The Morgan fingerprint density at radius 2 is 2.10 bits per heavy atom. The minimum atomic E-state index is 0.615. The summed E-state index contributed by atoms with van der Waals surface area (Å²) in [6.07, 6.45) is 5.01. The third kappa shape index (κ3) is 2.29. The minimum Gasteiger partial charge on any atom is -0.313 e. The highest BCUT2D eigenvalue weighted by Crippen LogP contribution is 2.46. The minimum absolute atomic E-state index is 0.615. The summed E-state index contributed by atoms with van der Waals surface area (Å²) in [7, 11) is 0. The Morgan fingerprint density at radius 1 is 1.25 bits per heavy atom. The fourth-order valence-electron chi connectivity index (χ4n) is 2.23. The number of nitrogens with zero attached hydrogens (tertiary/aromatic N) is 5. The van der Waals surface area contributed by atoms with Crippen LogP contribution in [0.5, 0.6) is 0 Å². The molecule has 3 N–H and O–H groups in total. The first-order valence-corrected chi connectivity index (χ1v) is 8.48. The summed E-state index contributed by atoms with van der Waals surface area (Å²) >= 11 is 2.94. The maximum atomic E-state index is 5.44. The van der Waals surface area contributed by atoms with Crippen LogP contribution in [0.1, 0.15) is 49.2 Å². The normalized spacial score (nSPS) is 18.4. The van der Waals surface area contributed by atoms with Crippen molar-refractivity contribution in [3.63, 3.8) is 0 Å². The van der Waals surface area contributed by atoms with E-state index in [9.17, 15) is 0 Å². The fraction of sp³-hybridized carbons (Fsp3) is 0.636. The lowest BCUT2D eigenvalue weighted by atomic mass is 10.4. The van der Waals surface area contributed by atoms with Gasteiger partial charge in [0.05, 0.1) is 0 Å². The number of nitrogens with one attached hydrogen (secondary N) is 1. The molecule has 0 radical (unpaired) electrons. The van der Waals surface area contributed by atoms with Crippen LogP contribution in [0.15, 0.2) is 5.16 Å². The monoisotopic (exact) mass is 309 g/mol. The summed E-state index contributed by atoms with van der Waals surface area (Å²) in [6.45, 7) is 0. The van der Waals surface area contributed by atoms with Gasteiger partial charge in [-0.15, -0.1) is 15.3 Å². The summed E-state index contributed by atoms with van der Waals surface area (Å²) in [5.74, 6) is 7.98. The van der Waals surface area contributed by atoms with Gasteiger partial charge in [-0.3, -0.25) is 0 Å². The third-order valence-corrected chi connectivity index (χ3v) is 5.22. The number of thioether (sulfide) groups is 1. The standard InChI is InChI=1S/C11H15N7S2/c12-13-10-8(14-17-20-10)5-19-11-16-15-9(6-1-2-6)18(11)7-3-4-7/h6-7,13H,1-5,12H2. The zero-order chi connectivity index (χ0) is 13.5. The Labute approximate surface area is 124 Å². The highest BCUT2D eigenvalue weighted by atomic mass is 32.2. The van der Waals surface area contributed by atoms with Crippen LogP contribution in [-0.4, -0.2) is 24.4 Å². The van der Waals surface area contributed by atoms with E-state index in [2.05, 4.69) is 29.8 Å². The summed E-state index contributed by atoms with van der Waals surface area (Å²) in [5.41, 5.74) is 3.51. The molecule has 0 bridgehead atoms. The van der Waals surface area contributed by atoms with Crippen LogP contribution in [-0.2, 0) is 5.75 Å². The highest BCUT2D eigenvalue weighted by molar-refractivity contribution is 7.98. The summed E-state index contributed by atoms with van der Waals surface area (Å²) in [4.78, 5) is 0. The van der Waals surface area contributed by atoms with E-state index in [0.29, 0.717) is 17.7 Å². The summed E-state index contributed by atoms with van der Waals surface area (Å²) < 4.78 is 6.26. The Kier molecular flexibility index (Phi) is 3.12. The molecule has 2 aromatic heterocycles. The van der Waals surface area contributed by atoms with Gasteiger partial charge in [0.15, 0.2) is 5.16 Å². The van der Waals surface area contributed by atoms with Crippen LogP contribution in [0, 0.1) is 0 Å². The van der Waals surface area contributed by atoms with Crippen molar-refractivity contribution in [2.75, 3.05) is 5.43 Å². The SMILES string of the molecule is NNc1snnc1CSc1nnc(C2CC2)n1C1CC1. The van der Waals surface area contributed by atoms with E-state index < -0.39 is 0 Å². The Morgan fingerprint density at radius 3 is 2.80 bits per heavy atom. The van der Waals surface area contributed by atoms with Crippen molar-refractivity contribution in [3.05, 3.63) is 11.5 Å². The molecule has 9 heteroatoms. The van der Waals surface area contributed by atoms with Gasteiger partial charge in [-0.2, -0.15) is 0 Å². The van der Waals surface area contributed by atoms with Crippen LogP contribution in [0.2, 0.25) is 0 Å². The van der Waals surface area contributed by atoms with Crippen molar-refractivity contribution in [1.82, 2.24) is 24.4 Å². The van der Waals surface area contributed by atoms with Gasteiger partial charge >= 0.3 is 0 Å². The van der Waals surface area contributed by atoms with Gasteiger partial charge in [-0.25, -0.2) is 5.84 Å². The van der Waals surface area contributed by atoms with Crippen LogP contribution in [0.25, 0.3) is 0 Å². The zero-order valence-electron chi connectivity index (χ0n) is 10.8. The van der Waals surface area contributed by atoms with Gasteiger partial charge < -0.3 is 9.99 Å². The molecule has 20 heavy (non-hydrogen) atoms. The highest BCUT2D eigenvalue weighted by Gasteiger charge is 2.36. The number of nitrogens with two attached hydrogens (primary N) is 1. The largest absolute Gasteiger partial charge is 0.313 e. The molecule has 0 amide bonds. The van der Waals surface area contributed by atoms with Crippen molar-refractivity contribution in [3.8, 4) is 0 Å². The van der Waals surface area contributed by atoms with Crippen molar-refractivity contribution in [2.24, 2.45) is 5.84 Å². The van der Waals surface area contributed by atoms with Gasteiger partial charge in [0.2, 0.25) is 0 Å². The molecule has 0 unspecified atom stereocenters. The van der Waals surface area contributed by atoms with Crippen LogP contribution >= 0.6 is 23.3 Å². The van der Waals surface area contributed by atoms with Gasteiger partial charge in [0.25, 0.3) is 0 Å². The Bertz CT molecular complexity index is 614. The Hall–Kier alpha value is -1.19. The molecule has 0 aliphatic heterocycles. The number of rotatable bonds is 6. The van der Waals surface area contributed by atoms with Gasteiger partial charge in [0.1, 0.15) is 16.5 Å². The zero-order valence-corrected chi connectivity index (χ0v) is 12.5. The molecule has 0 aromatic carbocycles. The topological polar surface area (TPSA) is 94.5 Å². The van der Waals surface area contributed by atoms with Crippen molar-refractivity contribution in [1.29, 1.82) is 0 Å². The number of hydrazine groups is 1. The van der Waals surface area contributed by atoms with Gasteiger partial charge in [-0.1, -0.05) is 16.3 Å². The molecule has 0 atom stereocenters. The van der Waals surface area contributed by atoms with E-state index >= 15 is 0 Å². The van der Waals surface area contributed by atoms with E-state index in [4.69, 9.17) is 5.84 Å². The Balaban J connectivity index is 1.53. The summed E-state index contributed by atoms with van der Waals surface area (Å²) in [5, 5.41) is 14.7. The average molecular weight is 309 g/mol. The number of aromatic nitrogens is 5. The molecular weight excluding hydrogens is 294 g/mol. The number of nitrogen functional groups attached to an aromatic ring is 1. The van der Waals surface area contributed by atoms with Crippen LogP contribution in [0.4, 0.5) is 5.00 Å². The average Bonchev–Trinajstić information content (AvgIpc) is 3.39. The molecule has 2 heterocycles. The predicted octanol–water partition coefficient (Wildman–Crippen LogP) is 1.92. The molecule has 106 valence electrons. The van der Waals surface area contributed by atoms with Crippen LogP contribution < -0.4 is 11.3 Å². The second-order valence-corrected chi connectivity index (χ2v) is 6.89. The van der Waals surface area contributed by atoms with E-state index in [1.165, 1.54) is 43.0 Å². The molecule has 2 aromatic rings. The molecule has 7 nitrogen and oxygen atoms in total. The molecule has 0 saturated heterocycles. The molecule has 0 spiro atoms. The molecule has 2 aliphatic carbocycles. The van der Waals surface area contributed by atoms with Crippen LogP contribution in [0.3, 0.4) is 0 Å². The molecular formula is C11H15N7S2. The van der Waals surface area contributed by atoms with E-state index in [1.807, 2.05) is 0 Å². The number of hydrogen-bond donors (Lipinski definition) is 2. The first-order chi connectivity index (χ1) is 9.86. The lowest BCUT2D eigenvalue weighted by Crippen LogP contribution is -2.07. The predicted molar refractivity (Wildman–Crippen MR) is 77.5 cm³/mol. The van der Waals surface area contributed by atoms with Crippen molar-refractivity contribution in [2.45, 2.75) is 48.6 Å². The second-order valence-electron chi connectivity index (χ2n) is 5.20. The molecule has 2 aliphatic rings. The smallest absolute Gasteiger partial charge is 0.191 e. The first-order valence-electron chi connectivity index (χ1n) is 6.72. The lowest BCUT2D eigenvalue weighted by Gasteiger charge is -2.07. The summed E-state index contributed by atoms with van der Waals surface area (Å²) in [6, 6.07) is 0.615. The van der Waals surface area contributed by atoms with E-state index in [1.54, 1.807) is 11.8 Å². The van der Waals surface area contributed by atoms with Crippen molar-refractivity contribution >= 4 is 28.3 Å². The van der Waals surface area contributed by atoms with E-state index in [0.717, 1.165) is 15.9 Å². The lowest BCUT2D eigenvalue weighted by molar-refractivity contribution is 0.627. The second kappa shape index (κ2) is 4.97. The van der Waals surface area contributed by atoms with Gasteiger partial charge in [-0.05, 0) is 25.7 Å². The number of hydrogen-bond acceptors (Lipinski definition) is 8. The first kappa shape index (κ1) is 12.5. The quantitative estimate of drug-likeness (QED) is 0.478. The number of anilines is 1.